The van der Waals surface area contributed by atoms with E-state index in [0.717, 1.165) is 12.1 Å². The summed E-state index contributed by atoms with van der Waals surface area (Å²) in [5, 5.41) is 4.78. The Labute approximate surface area is 157 Å². The normalized spacial score (nSPS) is 13.4. The van der Waals surface area contributed by atoms with Crippen LogP contribution in [0.25, 0.3) is 0 Å². The van der Waals surface area contributed by atoms with Crippen LogP contribution in [0, 0.1) is 5.92 Å². The maximum atomic E-state index is 12.6. The molecule has 0 aromatic heterocycles. The number of amides is 2. The molecular formula is C17H24F2N2O5S. The van der Waals surface area contributed by atoms with Gasteiger partial charge in [-0.25, -0.2) is 18.0 Å². The number of rotatable bonds is 6. The van der Waals surface area contributed by atoms with Gasteiger partial charge in [-0.1, -0.05) is 19.9 Å². The topological polar surface area (TPSA) is 102 Å². The summed E-state index contributed by atoms with van der Waals surface area (Å²) in [7, 11) is -4.78. The lowest BCUT2D eigenvalue weighted by Crippen LogP contribution is -2.48. The van der Waals surface area contributed by atoms with Crippen molar-refractivity contribution >= 4 is 27.5 Å². The molecule has 1 aromatic carbocycles. The number of ether oxygens (including phenoxy) is 1. The molecule has 0 unspecified atom stereocenters. The fourth-order valence-corrected chi connectivity index (χ4v) is 2.79. The van der Waals surface area contributed by atoms with E-state index in [1.54, 1.807) is 34.6 Å². The van der Waals surface area contributed by atoms with E-state index in [1.807, 2.05) is 0 Å². The average Bonchev–Trinajstić information content (AvgIpc) is 2.50. The molecule has 7 nitrogen and oxygen atoms in total. The SMILES string of the molecule is CC(C)[C@H](NC(=O)Nc1cccc(S(=O)(=O)C(F)F)c1)C(=O)OC(C)(C)C. The second-order valence-electron chi connectivity index (χ2n) is 7.19. The van der Waals surface area contributed by atoms with Crippen LogP contribution in [-0.2, 0) is 19.4 Å². The number of sulfone groups is 1. The molecule has 2 N–H and O–H groups in total. The van der Waals surface area contributed by atoms with Crippen LogP contribution in [0.5, 0.6) is 0 Å². The summed E-state index contributed by atoms with van der Waals surface area (Å²) in [6.07, 6.45) is 0. The predicted molar refractivity (Wildman–Crippen MR) is 96.3 cm³/mol. The number of esters is 1. The Morgan fingerprint density at radius 1 is 1.15 bits per heavy atom. The molecule has 0 aliphatic heterocycles. The van der Waals surface area contributed by atoms with Gasteiger partial charge >= 0.3 is 17.8 Å². The molecule has 0 aliphatic rings. The third kappa shape index (κ3) is 6.78. The highest BCUT2D eigenvalue weighted by Gasteiger charge is 2.30. The van der Waals surface area contributed by atoms with Gasteiger partial charge in [0.1, 0.15) is 11.6 Å². The lowest BCUT2D eigenvalue weighted by atomic mass is 10.0. The summed E-state index contributed by atoms with van der Waals surface area (Å²) in [5.74, 6) is -4.48. The molecule has 27 heavy (non-hydrogen) atoms. The summed E-state index contributed by atoms with van der Waals surface area (Å²) in [5.41, 5.74) is -0.749. The summed E-state index contributed by atoms with van der Waals surface area (Å²) in [4.78, 5) is 23.8. The minimum atomic E-state index is -4.78. The molecule has 2 amide bonds. The van der Waals surface area contributed by atoms with Crippen LogP contribution in [0.1, 0.15) is 34.6 Å². The smallest absolute Gasteiger partial charge is 0.341 e. The zero-order valence-electron chi connectivity index (χ0n) is 15.7. The molecule has 152 valence electrons. The molecule has 0 saturated heterocycles. The molecule has 1 rings (SSSR count). The van der Waals surface area contributed by atoms with Gasteiger partial charge in [-0.15, -0.1) is 0 Å². The maximum Gasteiger partial charge on any atom is 0.341 e. The Hall–Kier alpha value is -2.23. The van der Waals surface area contributed by atoms with Crippen molar-refractivity contribution in [2.24, 2.45) is 5.92 Å². The van der Waals surface area contributed by atoms with E-state index in [2.05, 4.69) is 10.6 Å². The van der Waals surface area contributed by atoms with Crippen molar-refractivity contribution in [1.82, 2.24) is 5.32 Å². The van der Waals surface area contributed by atoms with E-state index in [4.69, 9.17) is 4.74 Å². The second kappa shape index (κ2) is 8.64. The summed E-state index contributed by atoms with van der Waals surface area (Å²) in [6, 6.07) is 2.73. The van der Waals surface area contributed by atoms with Gasteiger partial charge in [0.25, 0.3) is 0 Å². The van der Waals surface area contributed by atoms with E-state index >= 15 is 0 Å². The van der Waals surface area contributed by atoms with Crippen molar-refractivity contribution in [3.63, 3.8) is 0 Å². The maximum absolute atomic E-state index is 12.6. The largest absolute Gasteiger partial charge is 0.458 e. The van der Waals surface area contributed by atoms with Gasteiger partial charge in [0, 0.05) is 5.69 Å². The zero-order chi connectivity index (χ0) is 21.0. The molecule has 10 heteroatoms. The zero-order valence-corrected chi connectivity index (χ0v) is 16.6. The van der Waals surface area contributed by atoms with Gasteiger partial charge in [0.15, 0.2) is 0 Å². The number of carbonyl (C=O) groups excluding carboxylic acids is 2. The number of halogens is 2. The van der Waals surface area contributed by atoms with Gasteiger partial charge in [0.05, 0.1) is 4.90 Å². The lowest BCUT2D eigenvalue weighted by Gasteiger charge is -2.26. The number of alkyl halides is 2. The van der Waals surface area contributed by atoms with Gasteiger partial charge in [0.2, 0.25) is 9.84 Å². The van der Waals surface area contributed by atoms with Crippen molar-refractivity contribution in [3.8, 4) is 0 Å². The molecule has 1 aromatic rings. The number of benzene rings is 1. The summed E-state index contributed by atoms with van der Waals surface area (Å²) >= 11 is 0. The van der Waals surface area contributed by atoms with E-state index in [0.29, 0.717) is 0 Å². The summed E-state index contributed by atoms with van der Waals surface area (Å²) in [6.45, 7) is 8.50. The first kappa shape index (κ1) is 22.8. The molecular weight excluding hydrogens is 382 g/mol. The molecule has 0 radical (unpaired) electrons. The van der Waals surface area contributed by atoms with Crippen LogP contribution < -0.4 is 10.6 Å². The van der Waals surface area contributed by atoms with Gasteiger partial charge in [-0.05, 0) is 44.9 Å². The van der Waals surface area contributed by atoms with E-state index in [-0.39, 0.29) is 11.6 Å². The third-order valence-electron chi connectivity index (χ3n) is 3.27. The number of hydrogen-bond acceptors (Lipinski definition) is 5. The highest BCUT2D eigenvalue weighted by Crippen LogP contribution is 2.21. The molecule has 0 bridgehead atoms. The number of anilines is 1. The Bertz CT molecular complexity index is 789. The van der Waals surface area contributed by atoms with E-state index in [1.165, 1.54) is 12.1 Å². The second-order valence-corrected chi connectivity index (χ2v) is 9.10. The monoisotopic (exact) mass is 406 g/mol. The van der Waals surface area contributed by atoms with Crippen molar-refractivity contribution in [2.45, 2.75) is 56.9 Å². The van der Waals surface area contributed by atoms with Crippen LogP contribution in [0.3, 0.4) is 0 Å². The minimum absolute atomic E-state index is 0.0130. The molecule has 1 atom stereocenters. The minimum Gasteiger partial charge on any atom is -0.458 e. The quantitative estimate of drug-likeness (QED) is 0.707. The van der Waals surface area contributed by atoms with Crippen LogP contribution in [0.15, 0.2) is 29.2 Å². The molecule has 0 aliphatic carbocycles. The molecule has 0 saturated carbocycles. The Kier molecular flexibility index (Phi) is 7.30. The van der Waals surface area contributed by atoms with Crippen molar-refractivity contribution in [3.05, 3.63) is 24.3 Å². The fraction of sp³-hybridized carbons (Fsp3) is 0.529. The Balaban J connectivity index is 2.91. The number of carbonyl (C=O) groups is 2. The van der Waals surface area contributed by atoms with Gasteiger partial charge < -0.3 is 15.4 Å². The van der Waals surface area contributed by atoms with Crippen LogP contribution in [0.2, 0.25) is 0 Å². The van der Waals surface area contributed by atoms with Crippen LogP contribution in [-0.4, -0.2) is 37.8 Å². The number of nitrogens with one attached hydrogen (secondary N) is 2. The van der Waals surface area contributed by atoms with Crippen LogP contribution in [0.4, 0.5) is 19.3 Å². The van der Waals surface area contributed by atoms with E-state index in [9.17, 15) is 26.8 Å². The van der Waals surface area contributed by atoms with Crippen molar-refractivity contribution in [2.75, 3.05) is 5.32 Å². The predicted octanol–water partition coefficient (Wildman–Crippen LogP) is 3.17. The molecule has 0 heterocycles. The standard InChI is InChI=1S/C17H24F2N2O5S/c1-10(2)13(14(22)26-17(3,4)5)21-16(23)20-11-7-6-8-12(9-11)27(24,25)15(18)19/h6-10,13,15H,1-5H3,(H2,20,21,23)/t13-/m0/s1. The molecule has 0 fully saturated rings. The summed E-state index contributed by atoms with van der Waals surface area (Å²) < 4.78 is 53.6. The Morgan fingerprint density at radius 2 is 1.74 bits per heavy atom. The van der Waals surface area contributed by atoms with Gasteiger partial charge in [-0.3, -0.25) is 0 Å². The van der Waals surface area contributed by atoms with E-state index < -0.39 is 44.1 Å². The number of urea groups is 1. The average molecular weight is 406 g/mol. The van der Waals surface area contributed by atoms with Crippen molar-refractivity contribution < 1.29 is 31.5 Å². The first-order valence-electron chi connectivity index (χ1n) is 8.16. The lowest BCUT2D eigenvalue weighted by molar-refractivity contribution is -0.158. The van der Waals surface area contributed by atoms with Crippen molar-refractivity contribution in [1.29, 1.82) is 0 Å². The highest BCUT2D eigenvalue weighted by molar-refractivity contribution is 7.91. The van der Waals surface area contributed by atoms with Gasteiger partial charge in [-0.2, -0.15) is 8.78 Å². The van der Waals surface area contributed by atoms with Crippen LogP contribution >= 0.6 is 0 Å². The Morgan fingerprint density at radius 3 is 2.22 bits per heavy atom. The first-order valence-corrected chi connectivity index (χ1v) is 9.71. The fourth-order valence-electron chi connectivity index (χ4n) is 2.03. The third-order valence-corrected chi connectivity index (χ3v) is 4.65. The number of hydrogen-bond donors (Lipinski definition) is 2. The first-order chi connectivity index (χ1) is 12.2. The molecule has 0 spiro atoms. The highest BCUT2D eigenvalue weighted by atomic mass is 32.2.